The minimum Gasteiger partial charge on any atom is -0.314 e. The van der Waals surface area contributed by atoms with Crippen molar-refractivity contribution in [3.05, 3.63) is 35.4 Å². The van der Waals surface area contributed by atoms with Crippen LogP contribution in [0.25, 0.3) is 0 Å². The molecule has 1 N–H and O–H groups in total. The molecular weight excluding hydrogens is 230 g/mol. The largest absolute Gasteiger partial charge is 0.314 e. The van der Waals surface area contributed by atoms with E-state index in [9.17, 15) is 0 Å². The molecule has 0 spiro atoms. The van der Waals surface area contributed by atoms with Crippen molar-refractivity contribution in [1.82, 2.24) is 5.32 Å². The van der Waals surface area contributed by atoms with Gasteiger partial charge in [-0.25, -0.2) is 0 Å². The maximum absolute atomic E-state index is 3.72. The summed E-state index contributed by atoms with van der Waals surface area (Å²) in [6.07, 6.45) is 6.31. The first-order valence-corrected chi connectivity index (χ1v) is 7.94. The molecule has 19 heavy (non-hydrogen) atoms. The van der Waals surface area contributed by atoms with Crippen molar-refractivity contribution in [1.29, 1.82) is 0 Å². The van der Waals surface area contributed by atoms with Crippen LogP contribution in [0.1, 0.15) is 57.6 Å². The first-order chi connectivity index (χ1) is 9.15. The molecule has 0 fully saturated rings. The van der Waals surface area contributed by atoms with Gasteiger partial charge in [0.1, 0.15) is 0 Å². The summed E-state index contributed by atoms with van der Waals surface area (Å²) in [6, 6.07) is 9.63. The molecule has 1 nitrogen and oxygen atoms in total. The van der Waals surface area contributed by atoms with E-state index in [0.29, 0.717) is 6.04 Å². The molecule has 108 valence electrons. The summed E-state index contributed by atoms with van der Waals surface area (Å²) in [7, 11) is 0. The molecule has 0 aromatic heterocycles. The molecule has 1 aromatic rings. The summed E-state index contributed by atoms with van der Waals surface area (Å²) < 4.78 is 0. The van der Waals surface area contributed by atoms with Crippen LogP contribution in [0.4, 0.5) is 0 Å². The molecule has 1 rings (SSSR count). The molecule has 1 aromatic carbocycles. The Kier molecular flexibility index (Phi) is 7.81. The highest BCUT2D eigenvalue weighted by molar-refractivity contribution is 5.22. The molecule has 1 heteroatoms. The van der Waals surface area contributed by atoms with Gasteiger partial charge < -0.3 is 5.32 Å². The van der Waals surface area contributed by atoms with Gasteiger partial charge in [-0.15, -0.1) is 0 Å². The van der Waals surface area contributed by atoms with Gasteiger partial charge in [0.25, 0.3) is 0 Å². The normalized spacial score (nSPS) is 14.3. The predicted molar refractivity (Wildman–Crippen MR) is 85.7 cm³/mol. The van der Waals surface area contributed by atoms with E-state index in [1.165, 1.54) is 36.8 Å². The molecule has 0 heterocycles. The van der Waals surface area contributed by atoms with Gasteiger partial charge in [-0.05, 0) is 44.2 Å². The maximum atomic E-state index is 3.72. The van der Waals surface area contributed by atoms with Crippen molar-refractivity contribution < 1.29 is 0 Å². The fraction of sp³-hybridized carbons (Fsp3) is 0.667. The SMILES string of the molecule is CCCNC(Cc1ccc(C)cc1)CC(C)CCC. The van der Waals surface area contributed by atoms with E-state index in [1.807, 2.05) is 0 Å². The van der Waals surface area contributed by atoms with Gasteiger partial charge in [0.15, 0.2) is 0 Å². The molecular formula is C18H31N. The summed E-state index contributed by atoms with van der Waals surface area (Å²) in [5, 5.41) is 3.72. The second-order valence-corrected chi connectivity index (χ2v) is 5.97. The van der Waals surface area contributed by atoms with E-state index in [1.54, 1.807) is 0 Å². The minimum atomic E-state index is 0.629. The molecule has 0 aliphatic carbocycles. The first kappa shape index (κ1) is 16.2. The molecule has 0 radical (unpaired) electrons. The zero-order valence-electron chi connectivity index (χ0n) is 13.2. The van der Waals surface area contributed by atoms with Crippen LogP contribution in [0.5, 0.6) is 0 Å². The average Bonchev–Trinajstić information content (AvgIpc) is 2.39. The third kappa shape index (κ3) is 6.77. The van der Waals surface area contributed by atoms with E-state index in [-0.39, 0.29) is 0 Å². The lowest BCUT2D eigenvalue weighted by atomic mass is 9.93. The van der Waals surface area contributed by atoms with Crippen LogP contribution < -0.4 is 5.32 Å². The average molecular weight is 261 g/mol. The zero-order valence-corrected chi connectivity index (χ0v) is 13.2. The van der Waals surface area contributed by atoms with Crippen LogP contribution in [0.15, 0.2) is 24.3 Å². The molecule has 2 unspecified atom stereocenters. The van der Waals surface area contributed by atoms with Crippen LogP contribution in [-0.2, 0) is 6.42 Å². The van der Waals surface area contributed by atoms with E-state index in [0.717, 1.165) is 18.9 Å². The summed E-state index contributed by atoms with van der Waals surface area (Å²) in [4.78, 5) is 0. The zero-order chi connectivity index (χ0) is 14.1. The fourth-order valence-electron chi connectivity index (χ4n) is 2.69. The summed E-state index contributed by atoms with van der Waals surface area (Å²) in [5.41, 5.74) is 2.81. The topological polar surface area (TPSA) is 12.0 Å². The van der Waals surface area contributed by atoms with Crippen LogP contribution in [0.3, 0.4) is 0 Å². The van der Waals surface area contributed by atoms with E-state index < -0.39 is 0 Å². The number of nitrogens with one attached hydrogen (secondary N) is 1. The Morgan fingerprint density at radius 2 is 1.74 bits per heavy atom. The Morgan fingerprint density at radius 1 is 1.05 bits per heavy atom. The smallest absolute Gasteiger partial charge is 0.0110 e. The van der Waals surface area contributed by atoms with Crippen molar-refractivity contribution in [2.45, 2.75) is 65.8 Å². The Balaban J connectivity index is 2.54. The molecule has 0 saturated heterocycles. The Bertz CT molecular complexity index is 328. The first-order valence-electron chi connectivity index (χ1n) is 7.94. The van der Waals surface area contributed by atoms with Crippen molar-refractivity contribution >= 4 is 0 Å². The standard InChI is InChI=1S/C18H31N/c1-5-7-16(4)13-18(19-12-6-2)14-17-10-8-15(3)9-11-17/h8-11,16,18-19H,5-7,12-14H2,1-4H3. The fourth-order valence-corrected chi connectivity index (χ4v) is 2.69. The number of rotatable bonds is 9. The van der Waals surface area contributed by atoms with Crippen molar-refractivity contribution in [2.24, 2.45) is 5.92 Å². The number of hydrogen-bond donors (Lipinski definition) is 1. The third-order valence-electron chi connectivity index (χ3n) is 3.75. The highest BCUT2D eigenvalue weighted by atomic mass is 14.9. The molecule has 0 bridgehead atoms. The lowest BCUT2D eigenvalue weighted by Gasteiger charge is -2.22. The molecule has 0 saturated carbocycles. The van der Waals surface area contributed by atoms with Crippen LogP contribution in [0, 0.1) is 12.8 Å². The second kappa shape index (κ2) is 9.14. The Labute approximate surface area is 119 Å². The Morgan fingerprint density at radius 3 is 2.32 bits per heavy atom. The minimum absolute atomic E-state index is 0.629. The molecule has 2 atom stereocenters. The molecule has 0 aliphatic heterocycles. The number of aryl methyl sites for hydroxylation is 1. The van der Waals surface area contributed by atoms with Crippen LogP contribution in [0.2, 0.25) is 0 Å². The van der Waals surface area contributed by atoms with E-state index in [2.05, 4.69) is 57.3 Å². The van der Waals surface area contributed by atoms with Crippen molar-refractivity contribution in [3.8, 4) is 0 Å². The van der Waals surface area contributed by atoms with Gasteiger partial charge in [0, 0.05) is 6.04 Å². The molecule has 0 amide bonds. The highest BCUT2D eigenvalue weighted by Crippen LogP contribution is 2.16. The summed E-state index contributed by atoms with van der Waals surface area (Å²) in [6.45, 7) is 10.2. The number of benzene rings is 1. The monoisotopic (exact) mass is 261 g/mol. The number of hydrogen-bond acceptors (Lipinski definition) is 1. The highest BCUT2D eigenvalue weighted by Gasteiger charge is 2.12. The van der Waals surface area contributed by atoms with Gasteiger partial charge in [-0.1, -0.05) is 63.4 Å². The quantitative estimate of drug-likeness (QED) is 0.677. The summed E-state index contributed by atoms with van der Waals surface area (Å²) in [5.74, 6) is 0.824. The van der Waals surface area contributed by atoms with Gasteiger partial charge in [-0.2, -0.15) is 0 Å². The maximum Gasteiger partial charge on any atom is 0.0110 e. The van der Waals surface area contributed by atoms with Gasteiger partial charge in [0.2, 0.25) is 0 Å². The van der Waals surface area contributed by atoms with Gasteiger partial charge in [0.05, 0.1) is 0 Å². The van der Waals surface area contributed by atoms with Crippen LogP contribution in [-0.4, -0.2) is 12.6 Å². The molecule has 0 aliphatic rings. The van der Waals surface area contributed by atoms with Gasteiger partial charge in [-0.3, -0.25) is 0 Å². The van der Waals surface area contributed by atoms with E-state index in [4.69, 9.17) is 0 Å². The van der Waals surface area contributed by atoms with E-state index >= 15 is 0 Å². The lowest BCUT2D eigenvalue weighted by Crippen LogP contribution is -2.33. The predicted octanol–water partition coefficient (Wildman–Crippen LogP) is 4.73. The van der Waals surface area contributed by atoms with Gasteiger partial charge >= 0.3 is 0 Å². The van der Waals surface area contributed by atoms with Crippen molar-refractivity contribution in [3.63, 3.8) is 0 Å². The Hall–Kier alpha value is -0.820. The second-order valence-electron chi connectivity index (χ2n) is 5.97. The third-order valence-corrected chi connectivity index (χ3v) is 3.75. The lowest BCUT2D eigenvalue weighted by molar-refractivity contribution is 0.380. The van der Waals surface area contributed by atoms with Crippen molar-refractivity contribution in [2.75, 3.05) is 6.54 Å². The van der Waals surface area contributed by atoms with Crippen LogP contribution >= 0.6 is 0 Å². The summed E-state index contributed by atoms with van der Waals surface area (Å²) >= 11 is 0.